The highest BCUT2D eigenvalue weighted by Crippen LogP contribution is 2.40. The number of carbonyl (C=O) groups is 3. The number of piperidine rings is 1. The fraction of sp³-hybridized carbons (Fsp3) is 0.591. The molecule has 2 saturated heterocycles. The summed E-state index contributed by atoms with van der Waals surface area (Å²) in [5.41, 5.74) is 1.23. The van der Waals surface area contributed by atoms with Crippen molar-refractivity contribution in [2.45, 2.75) is 65.0 Å². The molecule has 0 saturated carbocycles. The quantitative estimate of drug-likeness (QED) is 0.822. The van der Waals surface area contributed by atoms with Crippen molar-refractivity contribution in [2.75, 3.05) is 25.0 Å². The Labute approximate surface area is 172 Å². The van der Waals surface area contributed by atoms with Crippen LogP contribution in [0.5, 0.6) is 0 Å². The molecule has 2 aliphatic rings. The highest BCUT2D eigenvalue weighted by Gasteiger charge is 2.50. The molecule has 2 fully saturated rings. The summed E-state index contributed by atoms with van der Waals surface area (Å²) < 4.78 is 5.53. The summed E-state index contributed by atoms with van der Waals surface area (Å²) in [6, 6.07) is 5.38. The molecule has 3 amide bonds. The van der Waals surface area contributed by atoms with Crippen LogP contribution < -0.4 is 5.32 Å². The lowest BCUT2D eigenvalue weighted by Gasteiger charge is -2.56. The van der Waals surface area contributed by atoms with Crippen LogP contribution in [0.1, 0.15) is 62.9 Å². The Hall–Kier alpha value is -2.57. The first-order valence-electron chi connectivity index (χ1n) is 10.2. The number of nitrogens with one attached hydrogen (secondary N) is 1. The minimum absolute atomic E-state index is 0.0612. The van der Waals surface area contributed by atoms with E-state index in [1.807, 2.05) is 38.7 Å². The molecule has 1 aromatic carbocycles. The minimum Gasteiger partial charge on any atom is -0.444 e. The lowest BCUT2D eigenvalue weighted by atomic mass is 9.77. The molecule has 158 valence electrons. The van der Waals surface area contributed by atoms with E-state index in [9.17, 15) is 14.4 Å². The van der Waals surface area contributed by atoms with Gasteiger partial charge in [0.2, 0.25) is 5.91 Å². The number of hydrogen-bond donors (Lipinski definition) is 1. The smallest absolute Gasteiger partial charge is 0.410 e. The molecule has 1 atom stereocenters. The molecule has 0 aliphatic carbocycles. The van der Waals surface area contributed by atoms with Gasteiger partial charge in [0.25, 0.3) is 5.91 Å². The Morgan fingerprint density at radius 1 is 1.14 bits per heavy atom. The average Bonchev–Trinajstić information content (AvgIpc) is 2.61. The standard InChI is InChI=1S/C22H31N3O4/c1-15-7-8-17(13-18(15)23-16(2)26)19(27)25-12-10-22(25)9-6-11-24(14-22)20(28)29-21(3,4)5/h7-8,13H,6,9-12,14H2,1-5H3,(H,23,26)/t22-/m1/s1. The molecule has 2 heterocycles. The number of ether oxygens (including phenoxy) is 1. The van der Waals surface area contributed by atoms with Crippen LogP contribution >= 0.6 is 0 Å². The third-order valence-corrected chi connectivity index (χ3v) is 5.62. The van der Waals surface area contributed by atoms with Crippen molar-refractivity contribution in [3.05, 3.63) is 29.3 Å². The molecule has 0 bridgehead atoms. The monoisotopic (exact) mass is 401 g/mol. The Balaban J connectivity index is 1.76. The van der Waals surface area contributed by atoms with Gasteiger partial charge in [0.05, 0.1) is 5.54 Å². The number of anilines is 1. The largest absolute Gasteiger partial charge is 0.444 e. The zero-order valence-corrected chi connectivity index (χ0v) is 18.0. The molecule has 2 aliphatic heterocycles. The first kappa shape index (κ1) is 21.1. The highest BCUT2D eigenvalue weighted by molar-refractivity contribution is 5.98. The van der Waals surface area contributed by atoms with Crippen LogP contribution in [0.4, 0.5) is 10.5 Å². The van der Waals surface area contributed by atoms with Crippen molar-refractivity contribution in [1.82, 2.24) is 9.80 Å². The number of aryl methyl sites for hydroxylation is 1. The van der Waals surface area contributed by atoms with E-state index < -0.39 is 5.60 Å². The average molecular weight is 402 g/mol. The van der Waals surface area contributed by atoms with Crippen molar-refractivity contribution >= 4 is 23.6 Å². The summed E-state index contributed by atoms with van der Waals surface area (Å²) in [6.07, 6.45) is 2.28. The fourth-order valence-corrected chi connectivity index (χ4v) is 4.11. The maximum Gasteiger partial charge on any atom is 0.410 e. The van der Waals surface area contributed by atoms with Crippen molar-refractivity contribution in [1.29, 1.82) is 0 Å². The van der Waals surface area contributed by atoms with Gasteiger partial charge in [-0.15, -0.1) is 0 Å². The van der Waals surface area contributed by atoms with E-state index in [-0.39, 0.29) is 23.4 Å². The summed E-state index contributed by atoms with van der Waals surface area (Å²) in [4.78, 5) is 40.8. The summed E-state index contributed by atoms with van der Waals surface area (Å²) in [7, 11) is 0. The van der Waals surface area contributed by atoms with Gasteiger partial charge in [0, 0.05) is 37.8 Å². The zero-order valence-electron chi connectivity index (χ0n) is 18.0. The van der Waals surface area contributed by atoms with Gasteiger partial charge in [-0.25, -0.2) is 4.79 Å². The van der Waals surface area contributed by atoms with Gasteiger partial charge in [0.15, 0.2) is 0 Å². The SMILES string of the molecule is CC(=O)Nc1cc(C(=O)N2CC[C@@]23CCCN(C(=O)OC(C)(C)C)C3)ccc1C. The van der Waals surface area contributed by atoms with E-state index in [2.05, 4.69) is 5.32 Å². The van der Waals surface area contributed by atoms with Gasteiger partial charge in [-0.05, 0) is 64.7 Å². The number of likely N-dealkylation sites (tertiary alicyclic amines) is 2. The second kappa shape index (κ2) is 7.69. The molecule has 1 spiro atoms. The molecule has 1 aromatic rings. The highest BCUT2D eigenvalue weighted by atomic mass is 16.6. The summed E-state index contributed by atoms with van der Waals surface area (Å²) in [5, 5.41) is 2.78. The van der Waals surface area contributed by atoms with Crippen molar-refractivity contribution in [3.63, 3.8) is 0 Å². The molecule has 0 radical (unpaired) electrons. The molecular weight excluding hydrogens is 370 g/mol. The maximum atomic E-state index is 13.2. The number of rotatable bonds is 2. The van der Waals surface area contributed by atoms with Crippen LogP contribution in [0.3, 0.4) is 0 Å². The maximum absolute atomic E-state index is 13.2. The van der Waals surface area contributed by atoms with Gasteiger partial charge < -0.3 is 19.9 Å². The Morgan fingerprint density at radius 3 is 2.45 bits per heavy atom. The molecule has 7 heteroatoms. The van der Waals surface area contributed by atoms with Gasteiger partial charge in [-0.1, -0.05) is 6.07 Å². The number of benzene rings is 1. The minimum atomic E-state index is -0.543. The third-order valence-electron chi connectivity index (χ3n) is 5.62. The molecule has 1 N–H and O–H groups in total. The Bertz CT molecular complexity index is 830. The summed E-state index contributed by atoms with van der Waals surface area (Å²) >= 11 is 0. The lowest BCUT2D eigenvalue weighted by molar-refractivity contribution is -0.114. The molecule has 29 heavy (non-hydrogen) atoms. The van der Waals surface area contributed by atoms with Crippen LogP contribution in [0.2, 0.25) is 0 Å². The molecule has 3 rings (SSSR count). The first-order chi connectivity index (χ1) is 13.5. The van der Waals surface area contributed by atoms with E-state index in [1.54, 1.807) is 17.0 Å². The van der Waals surface area contributed by atoms with Crippen molar-refractivity contribution in [3.8, 4) is 0 Å². The van der Waals surface area contributed by atoms with Gasteiger partial charge >= 0.3 is 6.09 Å². The van der Waals surface area contributed by atoms with Crippen LogP contribution in [-0.2, 0) is 9.53 Å². The van der Waals surface area contributed by atoms with Crippen LogP contribution in [0.15, 0.2) is 18.2 Å². The Kier molecular flexibility index (Phi) is 5.61. The first-order valence-corrected chi connectivity index (χ1v) is 10.2. The molecule has 0 aromatic heterocycles. The molecule has 7 nitrogen and oxygen atoms in total. The van der Waals surface area contributed by atoms with E-state index in [0.29, 0.717) is 30.9 Å². The van der Waals surface area contributed by atoms with E-state index in [4.69, 9.17) is 4.74 Å². The van der Waals surface area contributed by atoms with Gasteiger partial charge in [-0.3, -0.25) is 9.59 Å². The van der Waals surface area contributed by atoms with Crippen LogP contribution in [0, 0.1) is 6.92 Å². The number of carbonyl (C=O) groups excluding carboxylic acids is 3. The summed E-state index contributed by atoms with van der Waals surface area (Å²) in [6.45, 7) is 10.7. The second-order valence-corrected chi connectivity index (χ2v) is 9.15. The topological polar surface area (TPSA) is 79.0 Å². The lowest BCUT2D eigenvalue weighted by Crippen LogP contribution is -2.69. The van der Waals surface area contributed by atoms with Gasteiger partial charge in [0.1, 0.15) is 5.60 Å². The predicted molar refractivity (Wildman–Crippen MR) is 111 cm³/mol. The van der Waals surface area contributed by atoms with Crippen molar-refractivity contribution in [2.24, 2.45) is 0 Å². The van der Waals surface area contributed by atoms with Gasteiger partial charge in [-0.2, -0.15) is 0 Å². The third kappa shape index (κ3) is 4.54. The fourth-order valence-electron chi connectivity index (χ4n) is 4.11. The Morgan fingerprint density at radius 2 is 1.86 bits per heavy atom. The number of nitrogens with zero attached hydrogens (tertiary/aromatic N) is 2. The van der Waals surface area contributed by atoms with E-state index in [1.165, 1.54) is 6.92 Å². The number of amides is 3. The summed E-state index contributed by atoms with van der Waals surface area (Å²) in [5.74, 6) is -0.229. The number of hydrogen-bond acceptors (Lipinski definition) is 4. The second-order valence-electron chi connectivity index (χ2n) is 9.15. The zero-order chi connectivity index (χ0) is 21.4. The van der Waals surface area contributed by atoms with E-state index >= 15 is 0 Å². The van der Waals surface area contributed by atoms with Crippen LogP contribution in [0.25, 0.3) is 0 Å². The van der Waals surface area contributed by atoms with Crippen molar-refractivity contribution < 1.29 is 19.1 Å². The normalized spacial score (nSPS) is 21.6. The van der Waals surface area contributed by atoms with E-state index in [0.717, 1.165) is 24.8 Å². The predicted octanol–water partition coefficient (Wildman–Crippen LogP) is 3.57. The molecule has 0 unspecified atom stereocenters. The van der Waals surface area contributed by atoms with Crippen LogP contribution in [-0.4, -0.2) is 58.5 Å². The molecular formula is C22H31N3O4.